The molecule has 0 fully saturated rings. The molecule has 10 heteroatoms. The maximum Gasteiger partial charge on any atom is 0.262 e. The molecule has 0 bridgehead atoms. The number of sulfonamides is 1. The molecule has 3 aromatic rings. The number of nitrogens with one attached hydrogen (secondary N) is 2. The van der Waals surface area contributed by atoms with Gasteiger partial charge >= 0.3 is 0 Å². The molecule has 0 spiro atoms. The molecule has 3 aromatic carbocycles. The molecule has 0 saturated heterocycles. The average Bonchev–Trinajstić information content (AvgIpc) is 2.85. The van der Waals surface area contributed by atoms with Crippen LogP contribution in [-0.2, 0) is 21.2 Å². The third kappa shape index (κ3) is 7.11. The molecular formula is C25H27ClN2O6S. The van der Waals surface area contributed by atoms with E-state index in [1.165, 1.54) is 24.3 Å². The fourth-order valence-corrected chi connectivity index (χ4v) is 4.45. The number of halogens is 1. The van der Waals surface area contributed by atoms with Crippen LogP contribution in [0.1, 0.15) is 11.1 Å². The normalized spacial score (nSPS) is 11.1. The van der Waals surface area contributed by atoms with Crippen molar-refractivity contribution in [2.24, 2.45) is 0 Å². The van der Waals surface area contributed by atoms with Crippen molar-refractivity contribution < 1.29 is 27.4 Å². The summed E-state index contributed by atoms with van der Waals surface area (Å²) in [5.74, 6) is 1.20. The number of carbonyl (C=O) groups excluding carboxylic acids is 1. The molecule has 186 valence electrons. The molecule has 0 unspecified atom stereocenters. The number of rotatable bonds is 11. The summed E-state index contributed by atoms with van der Waals surface area (Å²) in [5.41, 5.74) is 2.27. The first-order chi connectivity index (χ1) is 16.7. The number of methoxy groups -OCH3 is 2. The lowest BCUT2D eigenvalue weighted by Crippen LogP contribution is -2.26. The summed E-state index contributed by atoms with van der Waals surface area (Å²) in [6.45, 7) is 1.78. The van der Waals surface area contributed by atoms with E-state index in [0.29, 0.717) is 34.4 Å². The van der Waals surface area contributed by atoms with Gasteiger partial charge in [0.05, 0.1) is 19.1 Å². The zero-order valence-electron chi connectivity index (χ0n) is 19.6. The first-order valence-corrected chi connectivity index (χ1v) is 12.6. The van der Waals surface area contributed by atoms with E-state index in [9.17, 15) is 13.2 Å². The van der Waals surface area contributed by atoms with Gasteiger partial charge in [0, 0.05) is 17.3 Å². The molecule has 3 rings (SSSR count). The van der Waals surface area contributed by atoms with Gasteiger partial charge in [0.25, 0.3) is 5.91 Å². The standard InChI is InChI=1S/C25H27ClN2O6S/c1-17-21(26)5-4-6-22(17)28-25(29)16-34-19-8-10-20(11-9-19)35(30,31)27-14-13-18-7-12-23(32-2)24(15-18)33-3/h4-12,15,27H,13-14,16H2,1-3H3,(H,28,29). The van der Waals surface area contributed by atoms with Crippen molar-refractivity contribution in [2.75, 3.05) is 32.7 Å². The third-order valence-electron chi connectivity index (χ3n) is 5.20. The van der Waals surface area contributed by atoms with Gasteiger partial charge in [-0.3, -0.25) is 4.79 Å². The van der Waals surface area contributed by atoms with E-state index in [2.05, 4.69) is 10.0 Å². The lowest BCUT2D eigenvalue weighted by molar-refractivity contribution is -0.118. The summed E-state index contributed by atoms with van der Waals surface area (Å²) in [6, 6.07) is 16.5. The monoisotopic (exact) mass is 518 g/mol. The van der Waals surface area contributed by atoms with E-state index in [-0.39, 0.29) is 24.0 Å². The van der Waals surface area contributed by atoms with Crippen molar-refractivity contribution >= 4 is 33.2 Å². The van der Waals surface area contributed by atoms with Crippen LogP contribution in [0.25, 0.3) is 0 Å². The van der Waals surface area contributed by atoms with Crippen LogP contribution in [0.3, 0.4) is 0 Å². The smallest absolute Gasteiger partial charge is 0.262 e. The lowest BCUT2D eigenvalue weighted by Gasteiger charge is -2.11. The third-order valence-corrected chi connectivity index (χ3v) is 7.09. The highest BCUT2D eigenvalue weighted by Crippen LogP contribution is 2.27. The lowest BCUT2D eigenvalue weighted by atomic mass is 10.1. The first kappa shape index (κ1) is 26.3. The van der Waals surface area contributed by atoms with Crippen molar-refractivity contribution in [2.45, 2.75) is 18.2 Å². The van der Waals surface area contributed by atoms with Crippen LogP contribution in [0.4, 0.5) is 5.69 Å². The second-order valence-corrected chi connectivity index (χ2v) is 9.73. The number of anilines is 1. The van der Waals surface area contributed by atoms with Gasteiger partial charge in [0.2, 0.25) is 10.0 Å². The number of ether oxygens (including phenoxy) is 3. The van der Waals surface area contributed by atoms with Crippen LogP contribution in [0.15, 0.2) is 65.6 Å². The highest BCUT2D eigenvalue weighted by Gasteiger charge is 2.14. The van der Waals surface area contributed by atoms with Crippen molar-refractivity contribution in [1.29, 1.82) is 0 Å². The van der Waals surface area contributed by atoms with E-state index in [1.54, 1.807) is 45.4 Å². The Hall–Kier alpha value is -3.27. The summed E-state index contributed by atoms with van der Waals surface area (Å²) in [6.07, 6.45) is 0.474. The number of amides is 1. The SMILES string of the molecule is COc1ccc(CCNS(=O)(=O)c2ccc(OCC(=O)Nc3cccc(Cl)c3C)cc2)cc1OC. The van der Waals surface area contributed by atoms with E-state index in [1.807, 2.05) is 12.1 Å². The van der Waals surface area contributed by atoms with Gasteiger partial charge in [0.1, 0.15) is 5.75 Å². The second kappa shape index (κ2) is 11.9. The van der Waals surface area contributed by atoms with Crippen LogP contribution >= 0.6 is 11.6 Å². The Kier molecular flexibility index (Phi) is 8.97. The van der Waals surface area contributed by atoms with Crippen molar-refractivity contribution in [1.82, 2.24) is 4.72 Å². The molecule has 0 aromatic heterocycles. The molecule has 0 aliphatic heterocycles. The Morgan fingerprint density at radius 1 is 0.971 bits per heavy atom. The van der Waals surface area contributed by atoms with Crippen LogP contribution in [0, 0.1) is 6.92 Å². The second-order valence-electron chi connectivity index (χ2n) is 7.56. The zero-order chi connectivity index (χ0) is 25.4. The van der Waals surface area contributed by atoms with Gasteiger partial charge < -0.3 is 19.5 Å². The summed E-state index contributed by atoms with van der Waals surface area (Å²) in [7, 11) is -0.610. The Bertz CT molecular complexity index is 1280. The first-order valence-electron chi connectivity index (χ1n) is 10.7. The van der Waals surface area contributed by atoms with Gasteiger partial charge in [0.15, 0.2) is 18.1 Å². The predicted octanol–water partition coefficient (Wildman–Crippen LogP) is 4.20. The number of hydrogen-bond acceptors (Lipinski definition) is 6. The van der Waals surface area contributed by atoms with E-state index < -0.39 is 10.0 Å². The van der Waals surface area contributed by atoms with Crippen LogP contribution in [0.5, 0.6) is 17.2 Å². The van der Waals surface area contributed by atoms with Crippen molar-refractivity contribution in [3.63, 3.8) is 0 Å². The van der Waals surface area contributed by atoms with E-state index in [4.69, 9.17) is 25.8 Å². The Balaban J connectivity index is 1.51. The minimum atomic E-state index is -3.71. The van der Waals surface area contributed by atoms with Crippen LogP contribution in [-0.4, -0.2) is 41.7 Å². The molecule has 0 radical (unpaired) electrons. The van der Waals surface area contributed by atoms with Gasteiger partial charge in [-0.05, 0) is 73.0 Å². The highest BCUT2D eigenvalue weighted by molar-refractivity contribution is 7.89. The minimum absolute atomic E-state index is 0.0937. The maximum atomic E-state index is 12.6. The largest absolute Gasteiger partial charge is 0.493 e. The predicted molar refractivity (Wildman–Crippen MR) is 135 cm³/mol. The van der Waals surface area contributed by atoms with Crippen LogP contribution in [0.2, 0.25) is 5.02 Å². The quantitative estimate of drug-likeness (QED) is 0.394. The summed E-state index contributed by atoms with van der Waals surface area (Å²) >= 11 is 6.06. The van der Waals surface area contributed by atoms with Crippen molar-refractivity contribution in [3.05, 3.63) is 76.8 Å². The number of benzene rings is 3. The molecule has 35 heavy (non-hydrogen) atoms. The topological polar surface area (TPSA) is 103 Å². The molecule has 0 aliphatic carbocycles. The molecule has 8 nitrogen and oxygen atoms in total. The summed E-state index contributed by atoms with van der Waals surface area (Å²) < 4.78 is 43.8. The maximum absolute atomic E-state index is 12.6. The minimum Gasteiger partial charge on any atom is -0.493 e. The van der Waals surface area contributed by atoms with E-state index in [0.717, 1.165) is 11.1 Å². The molecule has 1 amide bonds. The van der Waals surface area contributed by atoms with Gasteiger partial charge in [-0.1, -0.05) is 23.7 Å². The highest BCUT2D eigenvalue weighted by atomic mass is 35.5. The molecule has 0 atom stereocenters. The fourth-order valence-electron chi connectivity index (χ4n) is 3.24. The van der Waals surface area contributed by atoms with Gasteiger partial charge in [-0.25, -0.2) is 13.1 Å². The molecular weight excluding hydrogens is 492 g/mol. The molecule has 0 aliphatic rings. The molecule has 0 heterocycles. The average molecular weight is 519 g/mol. The Labute approximate surface area is 210 Å². The Morgan fingerprint density at radius 2 is 1.69 bits per heavy atom. The van der Waals surface area contributed by atoms with Crippen molar-refractivity contribution in [3.8, 4) is 17.2 Å². The van der Waals surface area contributed by atoms with Gasteiger partial charge in [-0.2, -0.15) is 0 Å². The Morgan fingerprint density at radius 3 is 2.37 bits per heavy atom. The fraction of sp³-hybridized carbons (Fsp3) is 0.240. The zero-order valence-corrected chi connectivity index (χ0v) is 21.2. The molecule has 0 saturated carbocycles. The van der Waals surface area contributed by atoms with Gasteiger partial charge in [-0.15, -0.1) is 0 Å². The van der Waals surface area contributed by atoms with E-state index >= 15 is 0 Å². The molecule has 2 N–H and O–H groups in total. The van der Waals surface area contributed by atoms with Crippen LogP contribution < -0.4 is 24.2 Å². The number of carbonyl (C=O) groups is 1. The summed E-state index contributed by atoms with van der Waals surface area (Å²) in [4.78, 5) is 12.3. The number of hydrogen-bond donors (Lipinski definition) is 2. The summed E-state index contributed by atoms with van der Waals surface area (Å²) in [5, 5.41) is 3.29.